The lowest BCUT2D eigenvalue weighted by Crippen LogP contribution is -2.42. The number of rotatable bonds is 7. The third-order valence-electron chi connectivity index (χ3n) is 4.36. The summed E-state index contributed by atoms with van der Waals surface area (Å²) < 4.78 is 46.1. The number of carbonyl (C=O) groups excluding carboxylic acids is 1. The number of amides is 1. The van der Waals surface area contributed by atoms with E-state index >= 15 is 0 Å². The lowest BCUT2D eigenvalue weighted by molar-refractivity contribution is -0.120. The zero-order valence-electron chi connectivity index (χ0n) is 15.0. The second-order valence-electron chi connectivity index (χ2n) is 6.36. The molecule has 1 atom stereocenters. The normalized spacial score (nSPS) is 16.7. The maximum atomic E-state index is 13.5. The zero-order chi connectivity index (χ0) is 20.1. The predicted octanol–water partition coefficient (Wildman–Crippen LogP) is 2.97. The lowest BCUT2D eigenvalue weighted by Gasteiger charge is -2.24. The molecule has 0 unspecified atom stereocenters. The molecule has 2 aromatic rings. The van der Waals surface area contributed by atoms with Crippen LogP contribution < -0.4 is 9.62 Å². The van der Waals surface area contributed by atoms with Gasteiger partial charge in [-0.1, -0.05) is 29.8 Å². The van der Waals surface area contributed by atoms with Crippen LogP contribution in [-0.2, 0) is 19.6 Å². The Morgan fingerprint density at radius 2 is 2.00 bits per heavy atom. The molecule has 0 bridgehead atoms. The summed E-state index contributed by atoms with van der Waals surface area (Å²) in [6.45, 7) is 0.497. The summed E-state index contributed by atoms with van der Waals surface area (Å²) in [5.74, 6) is -1.17. The Bertz CT molecular complexity index is 934. The molecular formula is C19H20ClFN2O4S. The lowest BCUT2D eigenvalue weighted by atomic mass is 10.2. The number of ether oxygens (including phenoxy) is 1. The van der Waals surface area contributed by atoms with Crippen LogP contribution in [-0.4, -0.2) is 40.1 Å². The van der Waals surface area contributed by atoms with Crippen molar-refractivity contribution in [1.82, 2.24) is 5.32 Å². The molecule has 150 valence electrons. The van der Waals surface area contributed by atoms with Gasteiger partial charge in [0, 0.05) is 13.2 Å². The van der Waals surface area contributed by atoms with E-state index in [2.05, 4.69) is 5.32 Å². The molecule has 9 heteroatoms. The Morgan fingerprint density at radius 3 is 2.64 bits per heavy atom. The molecule has 1 saturated heterocycles. The van der Waals surface area contributed by atoms with Crippen molar-refractivity contribution < 1.29 is 22.3 Å². The van der Waals surface area contributed by atoms with Gasteiger partial charge in [0.05, 0.1) is 21.7 Å². The number of hydrogen-bond acceptors (Lipinski definition) is 4. The van der Waals surface area contributed by atoms with Crippen LogP contribution in [0.15, 0.2) is 53.4 Å². The Morgan fingerprint density at radius 1 is 1.25 bits per heavy atom. The molecule has 1 aliphatic heterocycles. The van der Waals surface area contributed by atoms with E-state index in [1.165, 1.54) is 24.3 Å². The van der Waals surface area contributed by atoms with E-state index in [0.29, 0.717) is 13.2 Å². The van der Waals surface area contributed by atoms with Crippen molar-refractivity contribution in [2.75, 3.05) is 24.0 Å². The highest BCUT2D eigenvalue weighted by atomic mass is 35.5. The first kappa shape index (κ1) is 20.6. The third kappa shape index (κ3) is 4.81. The highest BCUT2D eigenvalue weighted by Gasteiger charge is 2.28. The van der Waals surface area contributed by atoms with Crippen LogP contribution in [0, 0.1) is 5.82 Å². The first-order valence-corrected chi connectivity index (χ1v) is 10.6. The molecule has 28 heavy (non-hydrogen) atoms. The van der Waals surface area contributed by atoms with Crippen molar-refractivity contribution in [2.45, 2.75) is 23.8 Å². The molecule has 1 fully saturated rings. The fraction of sp³-hybridized carbons (Fsp3) is 0.316. The molecule has 1 amide bonds. The molecule has 0 spiro atoms. The van der Waals surface area contributed by atoms with Crippen LogP contribution in [0.2, 0.25) is 5.02 Å². The summed E-state index contributed by atoms with van der Waals surface area (Å²) in [7, 11) is -4.06. The first-order chi connectivity index (χ1) is 13.4. The van der Waals surface area contributed by atoms with Gasteiger partial charge in [0.15, 0.2) is 0 Å². The molecule has 1 N–H and O–H groups in total. The fourth-order valence-corrected chi connectivity index (χ4v) is 4.50. The van der Waals surface area contributed by atoms with Gasteiger partial charge in [0.25, 0.3) is 10.0 Å². The van der Waals surface area contributed by atoms with Crippen molar-refractivity contribution in [2.24, 2.45) is 0 Å². The minimum Gasteiger partial charge on any atom is -0.376 e. The van der Waals surface area contributed by atoms with Crippen molar-refractivity contribution in [3.63, 3.8) is 0 Å². The second-order valence-corrected chi connectivity index (χ2v) is 8.63. The molecule has 2 aromatic carbocycles. The summed E-state index contributed by atoms with van der Waals surface area (Å²) in [4.78, 5) is 12.4. The van der Waals surface area contributed by atoms with E-state index in [1.807, 2.05) is 0 Å². The van der Waals surface area contributed by atoms with Crippen molar-refractivity contribution in [3.8, 4) is 0 Å². The van der Waals surface area contributed by atoms with E-state index in [1.54, 1.807) is 18.2 Å². The van der Waals surface area contributed by atoms with Gasteiger partial charge in [0.2, 0.25) is 5.91 Å². The summed E-state index contributed by atoms with van der Waals surface area (Å²) >= 11 is 5.82. The van der Waals surface area contributed by atoms with Gasteiger partial charge in [-0.3, -0.25) is 9.10 Å². The number of carbonyl (C=O) groups is 1. The number of hydrogen-bond donors (Lipinski definition) is 1. The average molecular weight is 427 g/mol. The molecule has 6 nitrogen and oxygen atoms in total. The standard InChI is InChI=1S/C19H20ClFN2O4S/c20-17-11-14(8-9-18(17)21)23(28(25,26)16-6-2-1-3-7-16)13-19(24)22-12-15-5-4-10-27-15/h1-3,6-9,11,15H,4-5,10,12-13H2,(H,22,24)/t15-/m0/s1. The van der Waals surface area contributed by atoms with Gasteiger partial charge in [-0.15, -0.1) is 0 Å². The van der Waals surface area contributed by atoms with Gasteiger partial charge in [0.1, 0.15) is 12.4 Å². The number of anilines is 1. The number of halogens is 2. The van der Waals surface area contributed by atoms with E-state index in [0.717, 1.165) is 23.2 Å². The van der Waals surface area contributed by atoms with Gasteiger partial charge >= 0.3 is 0 Å². The maximum absolute atomic E-state index is 13.5. The van der Waals surface area contributed by atoms with Gasteiger partial charge < -0.3 is 10.1 Å². The molecule has 0 aromatic heterocycles. The van der Waals surface area contributed by atoms with Gasteiger partial charge in [-0.2, -0.15) is 0 Å². The SMILES string of the molecule is O=C(CN(c1ccc(F)c(Cl)c1)S(=O)(=O)c1ccccc1)NC[C@@H]1CCCO1. The van der Waals surface area contributed by atoms with Crippen LogP contribution >= 0.6 is 11.6 Å². The largest absolute Gasteiger partial charge is 0.376 e. The van der Waals surface area contributed by atoms with Crippen molar-refractivity contribution in [3.05, 3.63) is 59.4 Å². The molecule has 0 saturated carbocycles. The van der Waals surface area contributed by atoms with E-state index in [9.17, 15) is 17.6 Å². The third-order valence-corrected chi connectivity index (χ3v) is 6.44. The number of nitrogens with zero attached hydrogens (tertiary/aromatic N) is 1. The molecular weight excluding hydrogens is 407 g/mol. The smallest absolute Gasteiger partial charge is 0.264 e. The first-order valence-electron chi connectivity index (χ1n) is 8.79. The predicted molar refractivity (Wildman–Crippen MR) is 104 cm³/mol. The van der Waals surface area contributed by atoms with E-state index in [4.69, 9.17) is 16.3 Å². The van der Waals surface area contributed by atoms with Gasteiger partial charge in [-0.25, -0.2) is 12.8 Å². The minimum absolute atomic E-state index is 0.0161. The van der Waals surface area contributed by atoms with Crippen LogP contribution in [0.25, 0.3) is 0 Å². The second kappa shape index (κ2) is 8.89. The average Bonchev–Trinajstić information content (AvgIpc) is 3.21. The minimum atomic E-state index is -4.06. The highest BCUT2D eigenvalue weighted by Crippen LogP contribution is 2.27. The number of sulfonamides is 1. The summed E-state index contributed by atoms with van der Waals surface area (Å²) in [6.07, 6.45) is 1.71. The maximum Gasteiger partial charge on any atom is 0.264 e. The van der Waals surface area contributed by atoms with Crippen LogP contribution in [0.5, 0.6) is 0 Å². The van der Waals surface area contributed by atoms with Crippen LogP contribution in [0.3, 0.4) is 0 Å². The van der Waals surface area contributed by atoms with E-state index < -0.39 is 28.3 Å². The quantitative estimate of drug-likeness (QED) is 0.738. The Hall–Kier alpha value is -2.16. The molecule has 0 aliphatic carbocycles. The van der Waals surface area contributed by atoms with Crippen LogP contribution in [0.1, 0.15) is 12.8 Å². The monoisotopic (exact) mass is 426 g/mol. The Labute approximate surface area is 168 Å². The van der Waals surface area contributed by atoms with Crippen LogP contribution in [0.4, 0.5) is 10.1 Å². The number of benzene rings is 2. The topological polar surface area (TPSA) is 75.7 Å². The fourth-order valence-electron chi connectivity index (χ4n) is 2.89. The highest BCUT2D eigenvalue weighted by molar-refractivity contribution is 7.92. The Balaban J connectivity index is 1.85. The van der Waals surface area contributed by atoms with Gasteiger partial charge in [-0.05, 0) is 43.2 Å². The number of nitrogens with one attached hydrogen (secondary N) is 1. The van der Waals surface area contributed by atoms with Crippen molar-refractivity contribution in [1.29, 1.82) is 0 Å². The summed E-state index contributed by atoms with van der Waals surface area (Å²) in [5, 5.41) is 2.47. The molecule has 1 aliphatic rings. The Kier molecular flexibility index (Phi) is 6.53. The summed E-state index contributed by atoms with van der Waals surface area (Å²) in [6, 6.07) is 11.2. The molecule has 1 heterocycles. The zero-order valence-corrected chi connectivity index (χ0v) is 16.5. The summed E-state index contributed by atoms with van der Waals surface area (Å²) in [5.41, 5.74) is 0.0996. The molecule has 0 radical (unpaired) electrons. The van der Waals surface area contributed by atoms with Crippen molar-refractivity contribution >= 4 is 33.2 Å². The molecule has 3 rings (SSSR count). The van der Waals surface area contributed by atoms with E-state index in [-0.39, 0.29) is 21.7 Å².